The Hall–Kier alpha value is -3.20. The second kappa shape index (κ2) is 5.66. The van der Waals surface area contributed by atoms with Crippen molar-refractivity contribution < 1.29 is 9.13 Å². The summed E-state index contributed by atoms with van der Waals surface area (Å²) in [6, 6.07) is 15.1. The number of benzene rings is 2. The standard InChI is InChI=1S/C16H11FN4O/c1-22-15-5-3-2-4-13(15)16-14(10-18)19-20-21(16)12-8-6-11(17)7-9-12/h2-9H,1H3. The molecule has 0 N–H and O–H groups in total. The van der Waals surface area contributed by atoms with Gasteiger partial charge < -0.3 is 4.74 Å². The molecule has 0 saturated heterocycles. The molecule has 0 aliphatic carbocycles. The Morgan fingerprint density at radius 1 is 1.14 bits per heavy atom. The largest absolute Gasteiger partial charge is 0.496 e. The zero-order valence-corrected chi connectivity index (χ0v) is 11.7. The lowest BCUT2D eigenvalue weighted by Crippen LogP contribution is -2.01. The molecule has 108 valence electrons. The predicted molar refractivity (Wildman–Crippen MR) is 78.0 cm³/mol. The topological polar surface area (TPSA) is 63.7 Å². The van der Waals surface area contributed by atoms with Crippen molar-refractivity contribution in [2.24, 2.45) is 0 Å². The maximum Gasteiger partial charge on any atom is 0.191 e. The molecular formula is C16H11FN4O. The van der Waals surface area contributed by atoms with E-state index in [1.54, 1.807) is 25.3 Å². The van der Waals surface area contributed by atoms with E-state index in [1.807, 2.05) is 24.3 Å². The average molecular weight is 294 g/mol. The first-order valence-electron chi connectivity index (χ1n) is 6.49. The highest BCUT2D eigenvalue weighted by atomic mass is 19.1. The van der Waals surface area contributed by atoms with Gasteiger partial charge in [0.15, 0.2) is 5.69 Å². The smallest absolute Gasteiger partial charge is 0.191 e. The summed E-state index contributed by atoms with van der Waals surface area (Å²) in [4.78, 5) is 0. The quantitative estimate of drug-likeness (QED) is 0.745. The summed E-state index contributed by atoms with van der Waals surface area (Å²) in [5.41, 5.74) is 1.98. The first kappa shape index (κ1) is 13.8. The van der Waals surface area contributed by atoms with E-state index in [-0.39, 0.29) is 11.5 Å². The van der Waals surface area contributed by atoms with Crippen molar-refractivity contribution in [3.63, 3.8) is 0 Å². The summed E-state index contributed by atoms with van der Waals surface area (Å²) in [5, 5.41) is 17.2. The van der Waals surface area contributed by atoms with Crippen molar-refractivity contribution in [3.05, 3.63) is 60.0 Å². The van der Waals surface area contributed by atoms with Gasteiger partial charge in [0.1, 0.15) is 23.3 Å². The van der Waals surface area contributed by atoms with Gasteiger partial charge in [-0.25, -0.2) is 9.07 Å². The fourth-order valence-electron chi connectivity index (χ4n) is 2.20. The van der Waals surface area contributed by atoms with Crippen molar-refractivity contribution in [2.75, 3.05) is 7.11 Å². The summed E-state index contributed by atoms with van der Waals surface area (Å²) in [6.07, 6.45) is 0. The van der Waals surface area contributed by atoms with Gasteiger partial charge in [-0.2, -0.15) is 5.26 Å². The van der Waals surface area contributed by atoms with Crippen LogP contribution in [0.15, 0.2) is 48.5 Å². The van der Waals surface area contributed by atoms with Gasteiger partial charge in [0.25, 0.3) is 0 Å². The minimum absolute atomic E-state index is 0.175. The lowest BCUT2D eigenvalue weighted by molar-refractivity contribution is 0.416. The second-order valence-electron chi connectivity index (χ2n) is 4.49. The molecule has 22 heavy (non-hydrogen) atoms. The molecule has 3 rings (SSSR count). The fraction of sp³-hybridized carbons (Fsp3) is 0.0625. The summed E-state index contributed by atoms with van der Waals surface area (Å²) in [7, 11) is 1.55. The normalized spacial score (nSPS) is 10.2. The van der Waals surface area contributed by atoms with Crippen LogP contribution in [0.5, 0.6) is 5.75 Å². The lowest BCUT2D eigenvalue weighted by atomic mass is 10.1. The number of halogens is 1. The minimum atomic E-state index is -0.344. The van der Waals surface area contributed by atoms with Gasteiger partial charge in [0, 0.05) is 5.56 Å². The molecule has 0 amide bonds. The Morgan fingerprint density at radius 2 is 1.86 bits per heavy atom. The third-order valence-corrected chi connectivity index (χ3v) is 3.21. The fourth-order valence-corrected chi connectivity index (χ4v) is 2.20. The van der Waals surface area contributed by atoms with Crippen LogP contribution in [0.4, 0.5) is 4.39 Å². The Labute approximate surface area is 126 Å². The van der Waals surface area contributed by atoms with E-state index in [4.69, 9.17) is 4.74 Å². The Morgan fingerprint density at radius 3 is 2.55 bits per heavy atom. The van der Waals surface area contributed by atoms with Crippen molar-refractivity contribution in [3.8, 4) is 28.8 Å². The van der Waals surface area contributed by atoms with E-state index < -0.39 is 0 Å². The SMILES string of the molecule is COc1ccccc1-c1c(C#N)nnn1-c1ccc(F)cc1. The van der Waals surface area contributed by atoms with Crippen molar-refractivity contribution in [2.45, 2.75) is 0 Å². The van der Waals surface area contributed by atoms with Crippen LogP contribution in [0.3, 0.4) is 0 Å². The minimum Gasteiger partial charge on any atom is -0.496 e. The summed E-state index contributed by atoms with van der Waals surface area (Å²) < 4.78 is 19.9. The van der Waals surface area contributed by atoms with E-state index in [9.17, 15) is 9.65 Å². The van der Waals surface area contributed by atoms with Gasteiger partial charge in [-0.15, -0.1) is 5.10 Å². The molecule has 0 atom stereocenters. The zero-order chi connectivity index (χ0) is 15.5. The molecule has 0 aliphatic heterocycles. The van der Waals surface area contributed by atoms with Crippen LogP contribution in [0, 0.1) is 17.1 Å². The molecular weight excluding hydrogens is 283 g/mol. The van der Waals surface area contributed by atoms with Crippen LogP contribution in [0.1, 0.15) is 5.69 Å². The number of aromatic nitrogens is 3. The van der Waals surface area contributed by atoms with Crippen LogP contribution in [-0.2, 0) is 0 Å². The first-order chi connectivity index (χ1) is 10.7. The molecule has 0 saturated carbocycles. The summed E-state index contributed by atoms with van der Waals surface area (Å²) in [6.45, 7) is 0. The van der Waals surface area contributed by atoms with Crippen LogP contribution in [0.2, 0.25) is 0 Å². The van der Waals surface area contributed by atoms with Gasteiger partial charge in [-0.1, -0.05) is 17.3 Å². The molecule has 0 bridgehead atoms. The molecule has 5 nitrogen and oxygen atoms in total. The molecule has 0 aliphatic rings. The monoisotopic (exact) mass is 294 g/mol. The first-order valence-corrected chi connectivity index (χ1v) is 6.49. The van der Waals surface area contributed by atoms with E-state index in [1.165, 1.54) is 16.8 Å². The number of hydrogen-bond donors (Lipinski definition) is 0. The summed E-state index contributed by atoms with van der Waals surface area (Å²) in [5.74, 6) is 0.257. The maximum absolute atomic E-state index is 13.1. The number of nitriles is 1. The number of ether oxygens (including phenoxy) is 1. The zero-order valence-electron chi connectivity index (χ0n) is 11.7. The third kappa shape index (κ3) is 2.29. The molecule has 0 unspecified atom stereocenters. The number of hydrogen-bond acceptors (Lipinski definition) is 4. The van der Waals surface area contributed by atoms with Crippen LogP contribution < -0.4 is 4.74 Å². The van der Waals surface area contributed by atoms with Gasteiger partial charge in [-0.05, 0) is 36.4 Å². The highest BCUT2D eigenvalue weighted by molar-refractivity contribution is 5.72. The van der Waals surface area contributed by atoms with Crippen LogP contribution in [-0.4, -0.2) is 22.1 Å². The molecule has 1 heterocycles. The molecule has 3 aromatic rings. The van der Waals surface area contributed by atoms with E-state index in [0.717, 1.165) is 0 Å². The van der Waals surface area contributed by atoms with Gasteiger partial charge in [0.05, 0.1) is 12.8 Å². The molecule has 0 fully saturated rings. The molecule has 6 heteroatoms. The highest BCUT2D eigenvalue weighted by Gasteiger charge is 2.19. The van der Waals surface area contributed by atoms with Crippen molar-refractivity contribution >= 4 is 0 Å². The second-order valence-corrected chi connectivity index (χ2v) is 4.49. The molecule has 2 aromatic carbocycles. The molecule has 0 spiro atoms. The lowest BCUT2D eigenvalue weighted by Gasteiger charge is -2.10. The van der Waals surface area contributed by atoms with E-state index >= 15 is 0 Å². The summed E-state index contributed by atoms with van der Waals surface area (Å²) >= 11 is 0. The van der Waals surface area contributed by atoms with Gasteiger partial charge in [0.2, 0.25) is 0 Å². The van der Waals surface area contributed by atoms with Crippen molar-refractivity contribution in [1.29, 1.82) is 5.26 Å². The molecule has 1 aromatic heterocycles. The number of para-hydroxylation sites is 1. The van der Waals surface area contributed by atoms with Gasteiger partial charge >= 0.3 is 0 Å². The third-order valence-electron chi connectivity index (χ3n) is 3.21. The van der Waals surface area contributed by atoms with Gasteiger partial charge in [-0.3, -0.25) is 0 Å². The highest BCUT2D eigenvalue weighted by Crippen LogP contribution is 2.32. The predicted octanol–water partition coefficient (Wildman–Crippen LogP) is 2.95. The Balaban J connectivity index is 2.25. The molecule has 0 radical (unpaired) electrons. The van der Waals surface area contributed by atoms with E-state index in [2.05, 4.69) is 10.3 Å². The average Bonchev–Trinajstić information content (AvgIpc) is 2.99. The van der Waals surface area contributed by atoms with Crippen LogP contribution >= 0.6 is 0 Å². The van der Waals surface area contributed by atoms with E-state index in [0.29, 0.717) is 22.7 Å². The maximum atomic E-state index is 13.1. The Kier molecular flexibility index (Phi) is 3.54. The van der Waals surface area contributed by atoms with Crippen LogP contribution in [0.25, 0.3) is 16.9 Å². The number of nitrogens with zero attached hydrogens (tertiary/aromatic N) is 4. The number of rotatable bonds is 3. The Bertz CT molecular complexity index is 849. The number of methoxy groups -OCH3 is 1. The van der Waals surface area contributed by atoms with Crippen molar-refractivity contribution in [1.82, 2.24) is 15.0 Å².